The molecule has 0 amide bonds. The Balaban J connectivity index is 2.06. The van der Waals surface area contributed by atoms with E-state index in [0.29, 0.717) is 22.1 Å². The molecule has 6 heteroatoms. The number of hydrogen-bond acceptors (Lipinski definition) is 4. The maximum atomic E-state index is 12.9. The third kappa shape index (κ3) is 3.06. The number of aromatic nitrogens is 1. The molecule has 5 nitrogen and oxygen atoms in total. The molecule has 1 aromatic heterocycles. The lowest BCUT2D eigenvalue weighted by atomic mass is 9.93. The van der Waals surface area contributed by atoms with Crippen LogP contribution in [0.25, 0.3) is 22.4 Å². The van der Waals surface area contributed by atoms with Gasteiger partial charge in [0.15, 0.2) is 11.5 Å². The predicted octanol–water partition coefficient (Wildman–Crippen LogP) is 5.14. The van der Waals surface area contributed by atoms with E-state index in [9.17, 15) is 4.79 Å². The molecule has 0 radical (unpaired) electrons. The van der Waals surface area contributed by atoms with Gasteiger partial charge >= 0.3 is 5.97 Å². The second-order valence-electron chi connectivity index (χ2n) is 6.95. The molecule has 1 aliphatic rings. The zero-order valence-corrected chi connectivity index (χ0v) is 17.6. The van der Waals surface area contributed by atoms with Crippen LogP contribution >= 0.6 is 11.6 Å². The molecule has 29 heavy (non-hydrogen) atoms. The monoisotopic (exact) mass is 411 g/mol. The number of nitrogens with zero attached hydrogens (tertiary/aromatic N) is 1. The van der Waals surface area contributed by atoms with E-state index in [2.05, 4.69) is 4.57 Å². The molecule has 0 bridgehead atoms. The van der Waals surface area contributed by atoms with Crippen LogP contribution in [0, 0.1) is 6.92 Å². The van der Waals surface area contributed by atoms with Gasteiger partial charge in [-0.05, 0) is 48.7 Å². The Kier molecular flexibility index (Phi) is 5.01. The first kappa shape index (κ1) is 19.4. The summed E-state index contributed by atoms with van der Waals surface area (Å²) in [7, 11) is 4.63. The van der Waals surface area contributed by atoms with Crippen molar-refractivity contribution >= 4 is 17.6 Å². The van der Waals surface area contributed by atoms with Gasteiger partial charge in [-0.15, -0.1) is 0 Å². The first-order valence-electron chi connectivity index (χ1n) is 9.32. The van der Waals surface area contributed by atoms with Crippen molar-refractivity contribution in [1.29, 1.82) is 0 Å². The van der Waals surface area contributed by atoms with Crippen LogP contribution in [0.3, 0.4) is 0 Å². The van der Waals surface area contributed by atoms with Gasteiger partial charge in [0.25, 0.3) is 0 Å². The van der Waals surface area contributed by atoms with E-state index in [-0.39, 0.29) is 5.97 Å². The number of halogens is 1. The Bertz CT molecular complexity index is 1120. The number of benzene rings is 2. The first-order chi connectivity index (χ1) is 14.0. The van der Waals surface area contributed by atoms with Crippen molar-refractivity contribution < 1.29 is 19.0 Å². The number of carbonyl (C=O) groups is 1. The molecule has 2 aromatic carbocycles. The standard InChI is InChI=1S/C23H22ClNO4/c1-13-20(15-6-5-7-16(24)10-15)21(23(26)29-4)22-17-12-19(28-3)18(27-2)11-14(17)8-9-25(13)22/h5-7,10-12H,8-9H2,1-4H3. The van der Waals surface area contributed by atoms with E-state index in [1.807, 2.05) is 43.3 Å². The Morgan fingerprint density at radius 3 is 2.45 bits per heavy atom. The molecule has 0 atom stereocenters. The number of ether oxygens (including phenoxy) is 3. The van der Waals surface area contributed by atoms with Crippen molar-refractivity contribution in [3.63, 3.8) is 0 Å². The van der Waals surface area contributed by atoms with Crippen molar-refractivity contribution in [1.82, 2.24) is 4.57 Å². The highest BCUT2D eigenvalue weighted by molar-refractivity contribution is 6.30. The molecule has 3 aromatic rings. The van der Waals surface area contributed by atoms with Crippen molar-refractivity contribution in [3.05, 3.63) is 58.2 Å². The Labute approximate surface area is 174 Å². The molecule has 1 aliphatic heterocycles. The van der Waals surface area contributed by atoms with E-state index in [4.69, 9.17) is 25.8 Å². The topological polar surface area (TPSA) is 49.7 Å². The number of fused-ring (bicyclic) bond motifs is 3. The quantitative estimate of drug-likeness (QED) is 0.557. The lowest BCUT2D eigenvalue weighted by Gasteiger charge is -2.23. The summed E-state index contributed by atoms with van der Waals surface area (Å²) in [5, 5.41) is 0.619. The van der Waals surface area contributed by atoms with Crippen LogP contribution < -0.4 is 9.47 Å². The van der Waals surface area contributed by atoms with Gasteiger partial charge in [-0.2, -0.15) is 0 Å². The van der Waals surface area contributed by atoms with Crippen molar-refractivity contribution in [3.8, 4) is 33.9 Å². The Hall–Kier alpha value is -2.92. The van der Waals surface area contributed by atoms with Gasteiger partial charge < -0.3 is 18.8 Å². The predicted molar refractivity (Wildman–Crippen MR) is 113 cm³/mol. The number of hydrogen-bond donors (Lipinski definition) is 0. The molecule has 0 saturated carbocycles. The third-order valence-electron chi connectivity index (χ3n) is 5.50. The van der Waals surface area contributed by atoms with Crippen LogP contribution in [0.1, 0.15) is 21.6 Å². The fourth-order valence-electron chi connectivity index (χ4n) is 4.18. The summed E-state index contributed by atoms with van der Waals surface area (Å²) in [6.45, 7) is 2.78. The van der Waals surface area contributed by atoms with Gasteiger partial charge in [-0.1, -0.05) is 23.7 Å². The van der Waals surface area contributed by atoms with E-state index in [1.165, 1.54) is 7.11 Å². The molecule has 0 aliphatic carbocycles. The molecule has 0 fully saturated rings. The second kappa shape index (κ2) is 7.48. The fraction of sp³-hybridized carbons (Fsp3) is 0.261. The summed E-state index contributed by atoms with van der Waals surface area (Å²) in [5.41, 5.74) is 6.17. The normalized spacial score (nSPS) is 12.2. The van der Waals surface area contributed by atoms with E-state index < -0.39 is 0 Å². The summed E-state index contributed by atoms with van der Waals surface area (Å²) in [6.07, 6.45) is 0.827. The molecular weight excluding hydrogens is 390 g/mol. The third-order valence-corrected chi connectivity index (χ3v) is 5.73. The van der Waals surface area contributed by atoms with Crippen molar-refractivity contribution in [2.24, 2.45) is 0 Å². The van der Waals surface area contributed by atoms with Crippen LogP contribution in [0.2, 0.25) is 5.02 Å². The highest BCUT2D eigenvalue weighted by atomic mass is 35.5. The lowest BCUT2D eigenvalue weighted by Crippen LogP contribution is -2.14. The summed E-state index contributed by atoms with van der Waals surface area (Å²) in [4.78, 5) is 12.9. The maximum Gasteiger partial charge on any atom is 0.340 e. The highest BCUT2D eigenvalue weighted by Gasteiger charge is 2.32. The number of carbonyl (C=O) groups excluding carboxylic acids is 1. The molecule has 0 spiro atoms. The van der Waals surface area contributed by atoms with E-state index in [0.717, 1.165) is 46.6 Å². The van der Waals surface area contributed by atoms with Crippen molar-refractivity contribution in [2.75, 3.05) is 21.3 Å². The van der Waals surface area contributed by atoms with E-state index >= 15 is 0 Å². The molecule has 4 rings (SSSR count). The van der Waals surface area contributed by atoms with Gasteiger partial charge in [0.2, 0.25) is 0 Å². The average molecular weight is 412 g/mol. The SMILES string of the molecule is COC(=O)c1c(-c2cccc(Cl)c2)c(C)n2c1-c1cc(OC)c(OC)cc1CC2. The second-order valence-corrected chi connectivity index (χ2v) is 7.39. The zero-order chi connectivity index (χ0) is 20.7. The van der Waals surface area contributed by atoms with E-state index in [1.54, 1.807) is 14.2 Å². The molecule has 0 unspecified atom stereocenters. The van der Waals surface area contributed by atoms with Gasteiger partial charge in [0.05, 0.1) is 32.6 Å². The smallest absolute Gasteiger partial charge is 0.340 e. The van der Waals surface area contributed by atoms with Gasteiger partial charge in [-0.3, -0.25) is 0 Å². The van der Waals surface area contributed by atoms with Crippen LogP contribution in [0.15, 0.2) is 36.4 Å². The van der Waals surface area contributed by atoms with Gasteiger partial charge in [0, 0.05) is 28.4 Å². The summed E-state index contributed by atoms with van der Waals surface area (Å²) < 4.78 is 18.3. The minimum absolute atomic E-state index is 0.375. The Morgan fingerprint density at radius 2 is 1.79 bits per heavy atom. The number of esters is 1. The molecule has 0 N–H and O–H groups in total. The summed E-state index contributed by atoms with van der Waals surface area (Å²) >= 11 is 6.24. The van der Waals surface area contributed by atoms with Crippen LogP contribution in [-0.4, -0.2) is 31.9 Å². The molecule has 150 valence electrons. The Morgan fingerprint density at radius 1 is 1.07 bits per heavy atom. The highest BCUT2D eigenvalue weighted by Crippen LogP contribution is 2.45. The number of rotatable bonds is 4. The van der Waals surface area contributed by atoms with Gasteiger partial charge in [-0.25, -0.2) is 4.79 Å². The fourth-order valence-corrected chi connectivity index (χ4v) is 4.37. The largest absolute Gasteiger partial charge is 0.493 e. The van der Waals surface area contributed by atoms with Crippen LogP contribution in [0.5, 0.6) is 11.5 Å². The molecule has 2 heterocycles. The summed E-state index contributed by atoms with van der Waals surface area (Å²) in [6, 6.07) is 11.5. The number of methoxy groups -OCH3 is 3. The minimum Gasteiger partial charge on any atom is -0.493 e. The van der Waals surface area contributed by atoms with Gasteiger partial charge in [0.1, 0.15) is 0 Å². The zero-order valence-electron chi connectivity index (χ0n) is 16.8. The molecule has 0 saturated heterocycles. The number of aryl methyl sites for hydroxylation is 1. The summed E-state index contributed by atoms with van der Waals surface area (Å²) in [5.74, 6) is 0.927. The lowest BCUT2D eigenvalue weighted by molar-refractivity contribution is 0.0602. The molecular formula is C23H22ClNO4. The van der Waals surface area contributed by atoms with Crippen molar-refractivity contribution in [2.45, 2.75) is 19.9 Å². The average Bonchev–Trinajstić information content (AvgIpc) is 3.04. The maximum absolute atomic E-state index is 12.9. The van der Waals surface area contributed by atoms with Crippen LogP contribution in [0.4, 0.5) is 0 Å². The first-order valence-corrected chi connectivity index (χ1v) is 9.70. The minimum atomic E-state index is -0.375. The van der Waals surface area contributed by atoms with Crippen LogP contribution in [-0.2, 0) is 17.7 Å².